The minimum Gasteiger partial charge on any atom is -0.357 e. The van der Waals surface area contributed by atoms with E-state index in [4.69, 9.17) is 0 Å². The quantitative estimate of drug-likeness (QED) is 0.214. The van der Waals surface area contributed by atoms with Crippen LogP contribution in [0.25, 0.3) is 0 Å². The number of halogens is 1. The van der Waals surface area contributed by atoms with Crippen LogP contribution in [0.15, 0.2) is 4.99 Å². The number of nitrogens with one attached hydrogen (secondary N) is 2. The summed E-state index contributed by atoms with van der Waals surface area (Å²) in [7, 11) is -3.10. The average Bonchev–Trinajstić information content (AvgIpc) is 2.41. The predicted molar refractivity (Wildman–Crippen MR) is 110 cm³/mol. The van der Waals surface area contributed by atoms with Crippen LogP contribution in [0.5, 0.6) is 0 Å². The number of nitrogens with zero attached hydrogens (tertiary/aromatic N) is 2. The monoisotopic (exact) mass is 462 g/mol. The fourth-order valence-electron chi connectivity index (χ4n) is 2.06. The van der Waals surface area contributed by atoms with Crippen molar-refractivity contribution in [2.24, 2.45) is 10.9 Å². The van der Waals surface area contributed by atoms with Gasteiger partial charge in [-0.25, -0.2) is 12.7 Å². The zero-order valence-electron chi connectivity index (χ0n) is 15.3. The van der Waals surface area contributed by atoms with Gasteiger partial charge in [-0.15, -0.1) is 24.0 Å². The highest BCUT2D eigenvalue weighted by Crippen LogP contribution is 2.02. The van der Waals surface area contributed by atoms with Crippen molar-refractivity contribution in [3.05, 3.63) is 0 Å². The van der Waals surface area contributed by atoms with Crippen molar-refractivity contribution >= 4 is 40.0 Å². The van der Waals surface area contributed by atoms with E-state index in [2.05, 4.69) is 29.5 Å². The maximum absolute atomic E-state index is 11.5. The number of hydrogen-bond acceptors (Lipinski definition) is 3. The van der Waals surface area contributed by atoms with Gasteiger partial charge in [0.15, 0.2) is 5.96 Å². The third-order valence-electron chi connectivity index (χ3n) is 3.25. The highest BCUT2D eigenvalue weighted by Gasteiger charge is 2.12. The molecule has 0 heterocycles. The fraction of sp³-hybridized carbons (Fsp3) is 0.933. The van der Waals surface area contributed by atoms with Gasteiger partial charge in [-0.2, -0.15) is 0 Å². The molecule has 0 aromatic carbocycles. The Morgan fingerprint density at radius 1 is 1.17 bits per heavy atom. The van der Waals surface area contributed by atoms with Crippen LogP contribution in [0.2, 0.25) is 0 Å². The van der Waals surface area contributed by atoms with Crippen molar-refractivity contribution < 1.29 is 8.42 Å². The lowest BCUT2D eigenvalue weighted by Crippen LogP contribution is -2.38. The van der Waals surface area contributed by atoms with Gasteiger partial charge in [0, 0.05) is 32.7 Å². The van der Waals surface area contributed by atoms with Crippen LogP contribution in [0, 0.1) is 5.92 Å². The molecule has 0 fully saturated rings. The highest BCUT2D eigenvalue weighted by atomic mass is 127. The Hall–Kier alpha value is -0.0900. The normalized spacial score (nSPS) is 12.4. The lowest BCUT2D eigenvalue weighted by molar-refractivity contribution is 0.427. The van der Waals surface area contributed by atoms with E-state index in [1.54, 1.807) is 0 Å². The van der Waals surface area contributed by atoms with Crippen molar-refractivity contribution in [3.8, 4) is 0 Å². The summed E-state index contributed by atoms with van der Waals surface area (Å²) in [6, 6.07) is 0. The molecular weight excluding hydrogens is 427 g/mol. The third-order valence-corrected chi connectivity index (χ3v) is 4.63. The summed E-state index contributed by atoms with van der Waals surface area (Å²) < 4.78 is 24.5. The molecule has 0 aromatic rings. The van der Waals surface area contributed by atoms with Crippen molar-refractivity contribution in [3.63, 3.8) is 0 Å². The van der Waals surface area contributed by atoms with Gasteiger partial charge >= 0.3 is 0 Å². The van der Waals surface area contributed by atoms with Crippen LogP contribution in [-0.4, -0.2) is 57.7 Å². The van der Waals surface area contributed by atoms with Crippen LogP contribution in [-0.2, 0) is 10.0 Å². The Labute approximate surface area is 160 Å². The standard InChI is InChI=1S/C15H34N4O2S.HI/c1-6-16-15(17-11-8-10-14(3)4)18-12-9-13-19(7-2)22(5,20)21;/h14H,6-13H2,1-5H3,(H2,16,17,18);1H. The molecule has 140 valence electrons. The van der Waals surface area contributed by atoms with E-state index in [0.717, 1.165) is 37.8 Å². The Balaban J connectivity index is 0. The van der Waals surface area contributed by atoms with Gasteiger partial charge in [0.2, 0.25) is 10.0 Å². The molecule has 0 aliphatic rings. The second-order valence-corrected chi connectivity index (χ2v) is 7.81. The van der Waals surface area contributed by atoms with Crippen molar-refractivity contribution in [2.75, 3.05) is 39.0 Å². The summed E-state index contributed by atoms with van der Waals surface area (Å²) in [5.41, 5.74) is 0. The maximum Gasteiger partial charge on any atom is 0.211 e. The summed E-state index contributed by atoms with van der Waals surface area (Å²) >= 11 is 0. The first-order valence-electron chi connectivity index (χ1n) is 8.28. The van der Waals surface area contributed by atoms with Gasteiger partial charge in [-0.1, -0.05) is 20.8 Å². The third kappa shape index (κ3) is 14.0. The molecule has 0 unspecified atom stereocenters. The molecule has 0 bridgehead atoms. The SMILES string of the molecule is CCNC(=NCCCN(CC)S(C)(=O)=O)NCCCC(C)C.I. The molecule has 0 atom stereocenters. The molecule has 2 N–H and O–H groups in total. The number of hydrogen-bond donors (Lipinski definition) is 2. The summed E-state index contributed by atoms with van der Waals surface area (Å²) in [5.74, 6) is 1.53. The number of aliphatic imine (C=N–C) groups is 1. The van der Waals surface area contributed by atoms with Gasteiger partial charge in [0.05, 0.1) is 6.26 Å². The van der Waals surface area contributed by atoms with Crippen molar-refractivity contribution in [1.82, 2.24) is 14.9 Å². The summed E-state index contributed by atoms with van der Waals surface area (Å²) in [5, 5.41) is 6.53. The molecule has 0 aromatic heterocycles. The summed E-state index contributed by atoms with van der Waals surface area (Å²) in [6.45, 7) is 11.7. The zero-order valence-corrected chi connectivity index (χ0v) is 18.4. The molecule has 0 aliphatic heterocycles. The molecule has 0 saturated carbocycles. The molecule has 0 rings (SSSR count). The van der Waals surface area contributed by atoms with E-state index < -0.39 is 10.0 Å². The molecule has 0 radical (unpaired) electrons. The number of rotatable bonds is 11. The largest absolute Gasteiger partial charge is 0.357 e. The Kier molecular flexibility index (Phi) is 15.6. The van der Waals surface area contributed by atoms with Gasteiger partial charge in [-0.3, -0.25) is 4.99 Å². The lowest BCUT2D eigenvalue weighted by atomic mass is 10.1. The average molecular weight is 462 g/mol. The lowest BCUT2D eigenvalue weighted by Gasteiger charge is -2.17. The van der Waals surface area contributed by atoms with Crippen molar-refractivity contribution in [2.45, 2.75) is 47.0 Å². The Morgan fingerprint density at radius 2 is 1.83 bits per heavy atom. The van der Waals surface area contributed by atoms with Crippen LogP contribution >= 0.6 is 24.0 Å². The summed E-state index contributed by atoms with van der Waals surface area (Å²) in [4.78, 5) is 4.49. The van der Waals surface area contributed by atoms with Crippen LogP contribution in [0.3, 0.4) is 0 Å². The van der Waals surface area contributed by atoms with E-state index in [1.807, 2.05) is 13.8 Å². The first kappa shape index (κ1) is 25.2. The number of sulfonamides is 1. The van der Waals surface area contributed by atoms with E-state index in [0.29, 0.717) is 19.6 Å². The van der Waals surface area contributed by atoms with Crippen molar-refractivity contribution in [1.29, 1.82) is 0 Å². The molecule has 0 saturated heterocycles. The van der Waals surface area contributed by atoms with E-state index in [-0.39, 0.29) is 24.0 Å². The summed E-state index contributed by atoms with van der Waals surface area (Å²) in [6.07, 6.45) is 4.30. The predicted octanol–water partition coefficient (Wildman–Crippen LogP) is 2.27. The minimum atomic E-state index is -3.10. The van der Waals surface area contributed by atoms with Gasteiger partial charge < -0.3 is 10.6 Å². The van der Waals surface area contributed by atoms with Gasteiger partial charge in [0.1, 0.15) is 0 Å². The molecule has 23 heavy (non-hydrogen) atoms. The van der Waals surface area contributed by atoms with Crippen LogP contribution < -0.4 is 10.6 Å². The van der Waals surface area contributed by atoms with Crippen LogP contribution in [0.4, 0.5) is 0 Å². The van der Waals surface area contributed by atoms with E-state index in [9.17, 15) is 8.42 Å². The van der Waals surface area contributed by atoms with E-state index >= 15 is 0 Å². The topological polar surface area (TPSA) is 73.8 Å². The van der Waals surface area contributed by atoms with E-state index in [1.165, 1.54) is 17.0 Å². The molecule has 0 aliphatic carbocycles. The van der Waals surface area contributed by atoms with Gasteiger partial charge in [0.25, 0.3) is 0 Å². The first-order chi connectivity index (χ1) is 10.3. The molecule has 0 spiro atoms. The number of guanidine groups is 1. The minimum absolute atomic E-state index is 0. The molecule has 0 amide bonds. The highest BCUT2D eigenvalue weighted by molar-refractivity contribution is 14.0. The van der Waals surface area contributed by atoms with Gasteiger partial charge in [-0.05, 0) is 32.1 Å². The Bertz CT molecular complexity index is 414. The molecule has 6 nitrogen and oxygen atoms in total. The van der Waals surface area contributed by atoms with Crippen LogP contribution in [0.1, 0.15) is 47.0 Å². The Morgan fingerprint density at radius 3 is 2.30 bits per heavy atom. The smallest absolute Gasteiger partial charge is 0.211 e. The fourth-order valence-corrected chi connectivity index (χ4v) is 2.98. The first-order valence-corrected chi connectivity index (χ1v) is 10.1. The molecular formula is C15H35IN4O2S. The second-order valence-electron chi connectivity index (χ2n) is 5.83. The zero-order chi connectivity index (χ0) is 17.0. The second kappa shape index (κ2) is 14.3. The molecule has 8 heteroatoms. The maximum atomic E-state index is 11.5.